The van der Waals surface area contributed by atoms with Crippen LogP contribution in [-0.2, 0) is 6.61 Å². The van der Waals surface area contributed by atoms with Crippen molar-refractivity contribution in [2.24, 2.45) is 0 Å². The molecule has 0 spiro atoms. The van der Waals surface area contributed by atoms with Crippen LogP contribution < -0.4 is 10.1 Å². The summed E-state index contributed by atoms with van der Waals surface area (Å²) in [6, 6.07) is 14.1. The highest BCUT2D eigenvalue weighted by Gasteiger charge is 2.10. The van der Waals surface area contributed by atoms with E-state index in [2.05, 4.69) is 20.3 Å². The number of benzene rings is 2. The van der Waals surface area contributed by atoms with E-state index >= 15 is 0 Å². The lowest BCUT2D eigenvalue weighted by molar-refractivity contribution is -0.384. The number of nitro benzene ring substituents is 1. The van der Waals surface area contributed by atoms with E-state index in [4.69, 9.17) is 4.74 Å². The fourth-order valence-electron chi connectivity index (χ4n) is 2.64. The van der Waals surface area contributed by atoms with Crippen molar-refractivity contribution in [3.63, 3.8) is 0 Å². The lowest BCUT2D eigenvalue weighted by atomic mass is 10.2. The molecule has 1 N–H and O–H groups in total. The Bertz CT molecular complexity index is 1190. The van der Waals surface area contributed by atoms with Gasteiger partial charge in [-0.25, -0.2) is 14.4 Å². The van der Waals surface area contributed by atoms with Gasteiger partial charge in [-0.3, -0.25) is 15.1 Å². The zero-order valence-corrected chi connectivity index (χ0v) is 14.9. The summed E-state index contributed by atoms with van der Waals surface area (Å²) in [6.07, 6.45) is 3.11. The summed E-state index contributed by atoms with van der Waals surface area (Å²) >= 11 is 0. The maximum atomic E-state index is 14.4. The lowest BCUT2D eigenvalue weighted by Gasteiger charge is -2.10. The average Bonchev–Trinajstić information content (AvgIpc) is 2.74. The Labute approximate surface area is 164 Å². The van der Waals surface area contributed by atoms with Crippen LogP contribution in [0, 0.1) is 15.9 Å². The molecule has 4 rings (SSSR count). The fraction of sp³-hybridized carbons (Fsp3) is 0.0500. The summed E-state index contributed by atoms with van der Waals surface area (Å²) in [5.74, 6) is 0.00812. The molecule has 0 unspecified atom stereocenters. The molecule has 144 valence electrons. The maximum absolute atomic E-state index is 14.4. The third kappa shape index (κ3) is 4.24. The van der Waals surface area contributed by atoms with Gasteiger partial charge in [0.05, 0.1) is 21.8 Å². The predicted molar refractivity (Wildman–Crippen MR) is 104 cm³/mol. The van der Waals surface area contributed by atoms with Gasteiger partial charge in [0.2, 0.25) is 5.95 Å². The van der Waals surface area contributed by atoms with Crippen molar-refractivity contribution >= 4 is 28.2 Å². The van der Waals surface area contributed by atoms with E-state index in [1.165, 1.54) is 36.5 Å². The molecule has 0 radical (unpaired) electrons. The van der Waals surface area contributed by atoms with Crippen molar-refractivity contribution in [2.45, 2.75) is 6.61 Å². The summed E-state index contributed by atoms with van der Waals surface area (Å²) in [4.78, 5) is 22.8. The van der Waals surface area contributed by atoms with Crippen LogP contribution in [-0.4, -0.2) is 19.9 Å². The normalized spacial score (nSPS) is 10.7. The summed E-state index contributed by atoms with van der Waals surface area (Å²) in [6.45, 7) is 0.229. The van der Waals surface area contributed by atoms with Crippen LogP contribution in [0.2, 0.25) is 0 Å². The van der Waals surface area contributed by atoms with Gasteiger partial charge >= 0.3 is 0 Å². The zero-order chi connectivity index (χ0) is 20.2. The predicted octanol–water partition coefficient (Wildman–Crippen LogP) is 4.39. The van der Waals surface area contributed by atoms with Crippen LogP contribution in [0.15, 0.2) is 67.0 Å². The molecule has 4 aromatic rings. The average molecular weight is 391 g/mol. The first kappa shape index (κ1) is 18.2. The Hall–Kier alpha value is -4.14. The second-order valence-electron chi connectivity index (χ2n) is 6.07. The second kappa shape index (κ2) is 7.85. The largest absolute Gasteiger partial charge is 0.487 e. The van der Waals surface area contributed by atoms with Crippen LogP contribution in [0.1, 0.15) is 5.69 Å². The molecule has 0 aliphatic carbocycles. The second-order valence-corrected chi connectivity index (χ2v) is 6.07. The Morgan fingerprint density at radius 1 is 1.10 bits per heavy atom. The number of hydrogen-bond donors (Lipinski definition) is 1. The molecule has 0 aliphatic rings. The summed E-state index contributed by atoms with van der Waals surface area (Å²) in [5, 5.41) is 14.2. The maximum Gasteiger partial charge on any atom is 0.270 e. The highest BCUT2D eigenvalue weighted by Crippen LogP contribution is 2.25. The molecule has 0 saturated carbocycles. The Morgan fingerprint density at radius 3 is 2.76 bits per heavy atom. The molecular formula is C20H14FN5O3. The van der Waals surface area contributed by atoms with E-state index in [0.29, 0.717) is 16.7 Å². The number of fused-ring (bicyclic) bond motifs is 1. The minimum absolute atomic E-state index is 0.0471. The standard InChI is InChI=1S/C20H14FN5O3/c21-17-10-16(29-12-14-3-1-2-8-22-14)5-7-19(17)25-20-23-11-13-9-15(26(27)28)4-6-18(13)24-20/h1-11H,12H2,(H,23,24,25). The quantitative estimate of drug-likeness (QED) is 0.384. The summed E-state index contributed by atoms with van der Waals surface area (Å²) in [5.41, 5.74) is 1.37. The minimum Gasteiger partial charge on any atom is -0.487 e. The van der Waals surface area contributed by atoms with Gasteiger partial charge in [0.1, 0.15) is 18.2 Å². The first-order valence-electron chi connectivity index (χ1n) is 8.59. The number of pyridine rings is 1. The lowest BCUT2D eigenvalue weighted by Crippen LogP contribution is -2.01. The van der Waals surface area contributed by atoms with E-state index in [-0.39, 0.29) is 23.9 Å². The molecule has 0 atom stereocenters. The number of rotatable bonds is 6. The molecule has 2 aromatic heterocycles. The number of nitro groups is 1. The smallest absolute Gasteiger partial charge is 0.270 e. The zero-order valence-electron chi connectivity index (χ0n) is 14.9. The highest BCUT2D eigenvalue weighted by atomic mass is 19.1. The van der Waals surface area contributed by atoms with Crippen molar-refractivity contribution < 1.29 is 14.1 Å². The Kier molecular flexibility index (Phi) is 4.93. The van der Waals surface area contributed by atoms with Crippen LogP contribution in [0.25, 0.3) is 10.9 Å². The number of nitrogens with zero attached hydrogens (tertiary/aromatic N) is 4. The Morgan fingerprint density at radius 2 is 2.00 bits per heavy atom. The molecular weight excluding hydrogens is 377 g/mol. The fourth-order valence-corrected chi connectivity index (χ4v) is 2.64. The van der Waals surface area contributed by atoms with E-state index in [0.717, 1.165) is 5.69 Å². The number of anilines is 2. The van der Waals surface area contributed by atoms with Crippen LogP contribution >= 0.6 is 0 Å². The molecule has 0 saturated heterocycles. The number of ether oxygens (including phenoxy) is 1. The number of non-ortho nitro benzene ring substituents is 1. The van der Waals surface area contributed by atoms with E-state index < -0.39 is 10.7 Å². The van der Waals surface area contributed by atoms with Crippen molar-refractivity contribution in [1.82, 2.24) is 15.0 Å². The number of hydrogen-bond acceptors (Lipinski definition) is 7. The topological polar surface area (TPSA) is 103 Å². The van der Waals surface area contributed by atoms with Crippen LogP contribution in [0.5, 0.6) is 5.75 Å². The Balaban J connectivity index is 1.48. The van der Waals surface area contributed by atoms with E-state index in [1.807, 2.05) is 12.1 Å². The molecule has 0 bridgehead atoms. The van der Waals surface area contributed by atoms with Crippen molar-refractivity contribution in [1.29, 1.82) is 0 Å². The van der Waals surface area contributed by atoms with E-state index in [1.54, 1.807) is 18.3 Å². The third-order valence-electron chi connectivity index (χ3n) is 4.07. The SMILES string of the molecule is O=[N+]([O-])c1ccc2nc(Nc3ccc(OCc4ccccn4)cc3F)ncc2c1. The number of halogens is 1. The molecule has 2 heterocycles. The molecule has 0 aliphatic heterocycles. The summed E-state index contributed by atoms with van der Waals surface area (Å²) < 4.78 is 20.0. The van der Waals surface area contributed by atoms with Gasteiger partial charge in [-0.15, -0.1) is 0 Å². The molecule has 29 heavy (non-hydrogen) atoms. The monoisotopic (exact) mass is 391 g/mol. The van der Waals surface area contributed by atoms with Gasteiger partial charge in [0.25, 0.3) is 5.69 Å². The minimum atomic E-state index is -0.532. The van der Waals surface area contributed by atoms with Crippen LogP contribution in [0.3, 0.4) is 0 Å². The van der Waals surface area contributed by atoms with Crippen LogP contribution in [0.4, 0.5) is 21.7 Å². The first-order valence-corrected chi connectivity index (χ1v) is 8.59. The molecule has 8 nitrogen and oxygen atoms in total. The van der Waals surface area contributed by atoms with Gasteiger partial charge < -0.3 is 10.1 Å². The van der Waals surface area contributed by atoms with Gasteiger partial charge in [0, 0.05) is 36.0 Å². The number of nitrogens with one attached hydrogen (secondary N) is 1. The van der Waals surface area contributed by atoms with Crippen molar-refractivity contribution in [3.8, 4) is 5.75 Å². The van der Waals surface area contributed by atoms with Gasteiger partial charge in [-0.2, -0.15) is 0 Å². The third-order valence-corrected chi connectivity index (χ3v) is 4.07. The van der Waals surface area contributed by atoms with Gasteiger partial charge in [-0.1, -0.05) is 6.07 Å². The summed E-state index contributed by atoms with van der Waals surface area (Å²) in [7, 11) is 0. The van der Waals surface area contributed by atoms with Gasteiger partial charge in [0.15, 0.2) is 0 Å². The van der Waals surface area contributed by atoms with E-state index in [9.17, 15) is 14.5 Å². The number of aromatic nitrogens is 3. The van der Waals surface area contributed by atoms with Gasteiger partial charge in [-0.05, 0) is 30.3 Å². The van der Waals surface area contributed by atoms with Crippen molar-refractivity contribution in [3.05, 3.63) is 88.6 Å². The first-order chi connectivity index (χ1) is 14.1. The molecule has 9 heteroatoms. The highest BCUT2D eigenvalue weighted by molar-refractivity contribution is 5.81. The molecule has 2 aromatic carbocycles. The molecule has 0 fully saturated rings. The molecule has 0 amide bonds. The van der Waals surface area contributed by atoms with Crippen molar-refractivity contribution in [2.75, 3.05) is 5.32 Å².